The second-order valence-corrected chi connectivity index (χ2v) is 4.18. The van der Waals surface area contributed by atoms with Crippen LogP contribution in [0.4, 0.5) is 0 Å². The number of aromatic carboxylic acids is 1. The molecule has 0 unspecified atom stereocenters. The topological polar surface area (TPSA) is 55.8 Å². The lowest BCUT2D eigenvalue weighted by atomic mass is 10.0. The van der Waals surface area contributed by atoms with Crippen molar-refractivity contribution in [2.75, 3.05) is 13.7 Å². The van der Waals surface area contributed by atoms with E-state index in [1.165, 1.54) is 0 Å². The third-order valence-electron chi connectivity index (χ3n) is 2.93. The number of benzene rings is 2. The molecule has 2 aromatic carbocycles. The molecule has 0 aliphatic carbocycles. The van der Waals surface area contributed by atoms with Gasteiger partial charge < -0.3 is 14.6 Å². The van der Waals surface area contributed by atoms with Gasteiger partial charge in [-0.05, 0) is 42.8 Å². The first kappa shape index (κ1) is 13.9. The number of carboxylic acid groups (broad SMARTS) is 1. The Morgan fingerprint density at radius 2 is 1.85 bits per heavy atom. The average Bonchev–Trinajstić information content (AvgIpc) is 2.48. The summed E-state index contributed by atoms with van der Waals surface area (Å²) in [6, 6.07) is 12.3. The largest absolute Gasteiger partial charge is 0.497 e. The number of rotatable bonds is 5. The minimum atomic E-state index is -0.956. The van der Waals surface area contributed by atoms with Crippen molar-refractivity contribution in [1.29, 1.82) is 0 Å². The second kappa shape index (κ2) is 6.10. The number of ether oxygens (including phenoxy) is 2. The summed E-state index contributed by atoms with van der Waals surface area (Å²) in [6.07, 6.45) is 0. The van der Waals surface area contributed by atoms with Gasteiger partial charge in [-0.15, -0.1) is 0 Å². The van der Waals surface area contributed by atoms with Crippen LogP contribution in [0.3, 0.4) is 0 Å². The highest BCUT2D eigenvalue weighted by Gasteiger charge is 2.11. The van der Waals surface area contributed by atoms with E-state index in [1.807, 2.05) is 31.2 Å². The highest BCUT2D eigenvalue weighted by Crippen LogP contribution is 2.32. The van der Waals surface area contributed by atoms with E-state index in [0.29, 0.717) is 12.4 Å². The van der Waals surface area contributed by atoms with Crippen LogP contribution in [-0.4, -0.2) is 24.8 Å². The molecule has 0 radical (unpaired) electrons. The molecule has 0 saturated heterocycles. The average molecular weight is 272 g/mol. The van der Waals surface area contributed by atoms with Crippen molar-refractivity contribution in [2.45, 2.75) is 6.92 Å². The summed E-state index contributed by atoms with van der Waals surface area (Å²) in [5.41, 5.74) is 1.88. The van der Waals surface area contributed by atoms with E-state index >= 15 is 0 Å². The minimum absolute atomic E-state index is 0.235. The molecule has 1 N–H and O–H groups in total. The van der Waals surface area contributed by atoms with Crippen molar-refractivity contribution in [3.63, 3.8) is 0 Å². The molecule has 0 spiro atoms. The Labute approximate surface area is 117 Å². The first-order chi connectivity index (χ1) is 9.65. The monoisotopic (exact) mass is 272 g/mol. The molecule has 0 atom stereocenters. The first-order valence-electron chi connectivity index (χ1n) is 6.30. The summed E-state index contributed by atoms with van der Waals surface area (Å²) in [5, 5.41) is 9.10. The summed E-state index contributed by atoms with van der Waals surface area (Å²) in [5.74, 6) is 0.464. The number of carbonyl (C=O) groups is 1. The molecule has 0 saturated carbocycles. The van der Waals surface area contributed by atoms with Crippen LogP contribution in [0.25, 0.3) is 11.1 Å². The number of hydrogen-bond acceptors (Lipinski definition) is 3. The van der Waals surface area contributed by atoms with E-state index in [9.17, 15) is 4.79 Å². The van der Waals surface area contributed by atoms with Gasteiger partial charge in [-0.3, -0.25) is 0 Å². The predicted molar refractivity (Wildman–Crippen MR) is 76.6 cm³/mol. The number of hydrogen-bond donors (Lipinski definition) is 1. The number of carboxylic acids is 1. The zero-order valence-electron chi connectivity index (χ0n) is 11.4. The third kappa shape index (κ3) is 2.91. The van der Waals surface area contributed by atoms with E-state index in [2.05, 4.69) is 0 Å². The maximum absolute atomic E-state index is 11.1. The Bertz CT molecular complexity index is 602. The molecule has 4 nitrogen and oxygen atoms in total. The smallest absolute Gasteiger partial charge is 0.335 e. The van der Waals surface area contributed by atoms with Gasteiger partial charge in [0.2, 0.25) is 0 Å². The summed E-state index contributed by atoms with van der Waals surface area (Å²) in [4.78, 5) is 11.1. The summed E-state index contributed by atoms with van der Waals surface area (Å²) in [6.45, 7) is 2.42. The molecule has 104 valence electrons. The fraction of sp³-hybridized carbons (Fsp3) is 0.188. The van der Waals surface area contributed by atoms with Gasteiger partial charge in [0.25, 0.3) is 0 Å². The minimum Gasteiger partial charge on any atom is -0.497 e. The van der Waals surface area contributed by atoms with Crippen LogP contribution < -0.4 is 9.47 Å². The molecule has 2 aromatic rings. The maximum atomic E-state index is 11.1. The lowest BCUT2D eigenvalue weighted by Crippen LogP contribution is -1.99. The van der Waals surface area contributed by atoms with E-state index in [1.54, 1.807) is 25.3 Å². The highest BCUT2D eigenvalue weighted by molar-refractivity contribution is 5.90. The Morgan fingerprint density at radius 3 is 2.40 bits per heavy atom. The first-order valence-corrected chi connectivity index (χ1v) is 6.30. The fourth-order valence-corrected chi connectivity index (χ4v) is 1.94. The second-order valence-electron chi connectivity index (χ2n) is 4.18. The van der Waals surface area contributed by atoms with Crippen LogP contribution in [-0.2, 0) is 0 Å². The van der Waals surface area contributed by atoms with Gasteiger partial charge in [-0.2, -0.15) is 0 Å². The van der Waals surface area contributed by atoms with Crippen molar-refractivity contribution in [3.05, 3.63) is 48.0 Å². The molecule has 0 heterocycles. The molecule has 0 aromatic heterocycles. The third-order valence-corrected chi connectivity index (χ3v) is 2.93. The van der Waals surface area contributed by atoms with Crippen LogP contribution in [0.5, 0.6) is 11.5 Å². The molecule has 4 heteroatoms. The van der Waals surface area contributed by atoms with Crippen LogP contribution in [0, 0.1) is 0 Å². The van der Waals surface area contributed by atoms with Gasteiger partial charge in [0.15, 0.2) is 0 Å². The quantitative estimate of drug-likeness (QED) is 0.905. The lowest BCUT2D eigenvalue weighted by molar-refractivity contribution is 0.0697. The predicted octanol–water partition coefficient (Wildman–Crippen LogP) is 3.46. The number of methoxy groups -OCH3 is 1. The molecule has 0 bridgehead atoms. The molecule has 0 fully saturated rings. The van der Waals surface area contributed by atoms with E-state index in [4.69, 9.17) is 14.6 Å². The standard InChI is InChI=1S/C16H16O4/c1-3-20-15-9-6-12(16(17)18)10-14(15)11-4-7-13(19-2)8-5-11/h4-10H,3H2,1-2H3,(H,17,18). The van der Waals surface area contributed by atoms with Crippen molar-refractivity contribution in [3.8, 4) is 22.6 Å². The molecule has 2 rings (SSSR count). The fourth-order valence-electron chi connectivity index (χ4n) is 1.94. The van der Waals surface area contributed by atoms with Crippen molar-refractivity contribution in [2.24, 2.45) is 0 Å². The summed E-state index contributed by atoms with van der Waals surface area (Å²) < 4.78 is 10.7. The summed E-state index contributed by atoms with van der Waals surface area (Å²) in [7, 11) is 1.60. The maximum Gasteiger partial charge on any atom is 0.335 e. The Morgan fingerprint density at radius 1 is 1.15 bits per heavy atom. The zero-order valence-corrected chi connectivity index (χ0v) is 11.4. The Balaban J connectivity index is 2.49. The molecule has 20 heavy (non-hydrogen) atoms. The van der Waals surface area contributed by atoms with Crippen LogP contribution in [0.15, 0.2) is 42.5 Å². The van der Waals surface area contributed by atoms with Gasteiger partial charge >= 0.3 is 5.97 Å². The molecule has 0 aliphatic rings. The Kier molecular flexibility index (Phi) is 4.25. The molecular weight excluding hydrogens is 256 g/mol. The van der Waals surface area contributed by atoms with Gasteiger partial charge in [-0.1, -0.05) is 12.1 Å². The van der Waals surface area contributed by atoms with Gasteiger partial charge in [0.05, 0.1) is 19.3 Å². The normalized spacial score (nSPS) is 10.1. The SMILES string of the molecule is CCOc1ccc(C(=O)O)cc1-c1ccc(OC)cc1. The van der Waals surface area contributed by atoms with E-state index in [-0.39, 0.29) is 5.56 Å². The van der Waals surface area contributed by atoms with E-state index < -0.39 is 5.97 Å². The van der Waals surface area contributed by atoms with Crippen LogP contribution in [0.2, 0.25) is 0 Å². The van der Waals surface area contributed by atoms with Crippen molar-refractivity contribution in [1.82, 2.24) is 0 Å². The summed E-state index contributed by atoms with van der Waals surface area (Å²) >= 11 is 0. The molecule has 0 aliphatic heterocycles. The van der Waals surface area contributed by atoms with Crippen molar-refractivity contribution < 1.29 is 19.4 Å². The van der Waals surface area contributed by atoms with Gasteiger partial charge in [0, 0.05) is 5.56 Å². The van der Waals surface area contributed by atoms with Gasteiger partial charge in [0.1, 0.15) is 11.5 Å². The lowest BCUT2D eigenvalue weighted by Gasteiger charge is -2.11. The van der Waals surface area contributed by atoms with Crippen LogP contribution in [0.1, 0.15) is 17.3 Å². The van der Waals surface area contributed by atoms with E-state index in [0.717, 1.165) is 16.9 Å². The Hall–Kier alpha value is -2.49. The zero-order chi connectivity index (χ0) is 14.5. The molecular formula is C16H16O4. The van der Waals surface area contributed by atoms with Crippen LogP contribution >= 0.6 is 0 Å². The highest BCUT2D eigenvalue weighted by atomic mass is 16.5. The van der Waals surface area contributed by atoms with Crippen molar-refractivity contribution >= 4 is 5.97 Å². The molecule has 0 amide bonds. The van der Waals surface area contributed by atoms with Gasteiger partial charge in [-0.25, -0.2) is 4.79 Å².